The zero-order valence-corrected chi connectivity index (χ0v) is 22.3. The lowest BCUT2D eigenvalue weighted by molar-refractivity contribution is -0.153. The molecule has 0 aromatic heterocycles. The van der Waals surface area contributed by atoms with Gasteiger partial charge in [-0.25, -0.2) is 9.59 Å². The van der Waals surface area contributed by atoms with Crippen LogP contribution in [0, 0.1) is 0 Å². The number of nitrogens with zero attached hydrogens (tertiary/aromatic N) is 1. The molecule has 0 aliphatic carbocycles. The van der Waals surface area contributed by atoms with Crippen LogP contribution < -0.4 is 0 Å². The highest BCUT2D eigenvalue weighted by Crippen LogP contribution is 2.29. The number of ketones is 2. The van der Waals surface area contributed by atoms with Crippen molar-refractivity contribution in [3.8, 4) is 0 Å². The molecule has 0 saturated heterocycles. The topological polar surface area (TPSA) is 151 Å². The highest BCUT2D eigenvalue weighted by atomic mass is 16.6. The van der Waals surface area contributed by atoms with E-state index in [0.717, 1.165) is 11.1 Å². The highest BCUT2D eigenvalue weighted by molar-refractivity contribution is 6.02. The molecule has 0 saturated carbocycles. The van der Waals surface area contributed by atoms with Crippen LogP contribution in [0.5, 0.6) is 0 Å². The molecule has 0 aliphatic rings. The number of Topliss-reactive ketones (excluding diaryl/α,β-unsaturated/α-hetero) is 2. The minimum atomic E-state index is -1.52. The Morgan fingerprint density at radius 1 is 0.789 bits per heavy atom. The Hall–Kier alpha value is -3.44. The Bertz CT molecular complexity index is 1060. The van der Waals surface area contributed by atoms with Gasteiger partial charge in [0.25, 0.3) is 0 Å². The third-order valence-electron chi connectivity index (χ3n) is 5.68. The Kier molecular flexibility index (Phi) is 10.4. The molecular weight excluding hydrogens is 494 g/mol. The quantitative estimate of drug-likeness (QED) is 0.246. The van der Waals surface area contributed by atoms with E-state index < -0.39 is 47.9 Å². The summed E-state index contributed by atoms with van der Waals surface area (Å²) in [4.78, 5) is 49.1. The molecule has 0 bridgehead atoms. The lowest BCUT2D eigenvalue weighted by Gasteiger charge is -2.29. The molecule has 0 atom stereocenters. The zero-order chi connectivity index (χ0) is 28.7. The standard InChI is InChI=1S/C28H35NO9/c1-27(2,35)25(33)20-10-6-18(7-11-20)24(19-8-12-21(13-9-19)26(34)28(3,4)36)29(5)14-15-38-23(32)17-37-16-22(30)31/h6-13,24,35-36H,14-17H2,1-5H3,(H,30,31). The van der Waals surface area contributed by atoms with Crippen molar-refractivity contribution >= 4 is 23.5 Å². The maximum atomic E-state index is 12.4. The minimum absolute atomic E-state index is 0.00675. The van der Waals surface area contributed by atoms with Crippen LogP contribution in [0.3, 0.4) is 0 Å². The molecule has 2 aromatic rings. The lowest BCUT2D eigenvalue weighted by Crippen LogP contribution is -2.32. The van der Waals surface area contributed by atoms with E-state index in [-0.39, 0.29) is 12.6 Å². The van der Waals surface area contributed by atoms with Crippen molar-refractivity contribution in [2.75, 3.05) is 33.4 Å². The van der Waals surface area contributed by atoms with E-state index >= 15 is 0 Å². The Morgan fingerprint density at radius 3 is 1.58 bits per heavy atom. The smallest absolute Gasteiger partial charge is 0.332 e. The fraction of sp³-hybridized carbons (Fsp3) is 0.429. The van der Waals surface area contributed by atoms with E-state index in [2.05, 4.69) is 0 Å². The van der Waals surface area contributed by atoms with Crippen LogP contribution in [-0.2, 0) is 19.1 Å². The molecule has 0 amide bonds. The number of carboxylic acids is 1. The van der Waals surface area contributed by atoms with Gasteiger partial charge >= 0.3 is 11.9 Å². The number of carbonyl (C=O) groups excluding carboxylic acids is 3. The summed E-state index contributed by atoms with van der Waals surface area (Å²) < 4.78 is 9.88. The van der Waals surface area contributed by atoms with Crippen LogP contribution in [0.2, 0.25) is 0 Å². The average molecular weight is 530 g/mol. The van der Waals surface area contributed by atoms with Crippen molar-refractivity contribution in [1.82, 2.24) is 4.90 Å². The average Bonchev–Trinajstić information content (AvgIpc) is 2.83. The van der Waals surface area contributed by atoms with E-state index in [4.69, 9.17) is 14.6 Å². The van der Waals surface area contributed by atoms with Gasteiger partial charge in [-0.05, 0) is 45.9 Å². The van der Waals surface area contributed by atoms with Gasteiger partial charge in [0.05, 0.1) is 6.04 Å². The first kappa shape index (κ1) is 30.8. The van der Waals surface area contributed by atoms with Gasteiger partial charge in [-0.2, -0.15) is 0 Å². The number of aliphatic carboxylic acids is 1. The molecule has 3 N–H and O–H groups in total. The Balaban J connectivity index is 2.26. The first-order chi connectivity index (χ1) is 17.6. The van der Waals surface area contributed by atoms with Crippen molar-refractivity contribution in [2.24, 2.45) is 0 Å². The summed E-state index contributed by atoms with van der Waals surface area (Å²) in [5.41, 5.74) is -0.722. The summed E-state index contributed by atoms with van der Waals surface area (Å²) in [5.74, 6) is -2.72. The predicted octanol–water partition coefficient (Wildman–Crippen LogP) is 2.26. The van der Waals surface area contributed by atoms with Gasteiger partial charge in [0.1, 0.15) is 31.0 Å². The summed E-state index contributed by atoms with van der Waals surface area (Å²) in [6.45, 7) is 4.90. The number of rotatable bonds is 14. The number of carboxylic acid groups (broad SMARTS) is 1. The summed E-state index contributed by atoms with van der Waals surface area (Å²) in [6.07, 6.45) is 0. The molecule has 10 nitrogen and oxygen atoms in total. The number of likely N-dealkylation sites (N-methyl/N-ethyl adjacent to an activating group) is 1. The van der Waals surface area contributed by atoms with Crippen LogP contribution in [0.15, 0.2) is 48.5 Å². The van der Waals surface area contributed by atoms with Crippen molar-refractivity contribution in [3.05, 3.63) is 70.8 Å². The van der Waals surface area contributed by atoms with E-state index in [1.54, 1.807) is 48.5 Å². The third kappa shape index (κ3) is 8.84. The van der Waals surface area contributed by atoms with Gasteiger partial charge in [-0.1, -0.05) is 48.5 Å². The molecule has 2 aromatic carbocycles. The van der Waals surface area contributed by atoms with E-state index in [1.807, 2.05) is 11.9 Å². The summed E-state index contributed by atoms with van der Waals surface area (Å²) in [7, 11) is 1.81. The van der Waals surface area contributed by atoms with E-state index in [0.29, 0.717) is 17.7 Å². The first-order valence-electron chi connectivity index (χ1n) is 12.0. The van der Waals surface area contributed by atoms with Crippen molar-refractivity contribution < 1.29 is 44.0 Å². The number of ether oxygens (including phenoxy) is 2. The molecule has 0 radical (unpaired) electrons. The number of hydrogen-bond donors (Lipinski definition) is 3. The number of carbonyl (C=O) groups is 4. The van der Waals surface area contributed by atoms with Crippen molar-refractivity contribution in [1.29, 1.82) is 0 Å². The van der Waals surface area contributed by atoms with E-state index in [9.17, 15) is 29.4 Å². The number of benzene rings is 2. The molecule has 0 spiro atoms. The van der Waals surface area contributed by atoms with Gasteiger partial charge < -0.3 is 24.8 Å². The molecule has 206 valence electrons. The second-order valence-corrected chi connectivity index (χ2v) is 10.0. The lowest BCUT2D eigenvalue weighted by atomic mass is 9.91. The fourth-order valence-corrected chi connectivity index (χ4v) is 3.74. The van der Waals surface area contributed by atoms with Crippen LogP contribution in [0.25, 0.3) is 0 Å². The Labute approximate surface area is 221 Å². The second-order valence-electron chi connectivity index (χ2n) is 10.0. The molecule has 0 fully saturated rings. The molecule has 10 heteroatoms. The molecule has 2 rings (SSSR count). The van der Waals surface area contributed by atoms with Crippen molar-refractivity contribution in [3.63, 3.8) is 0 Å². The highest BCUT2D eigenvalue weighted by Gasteiger charge is 2.28. The molecule has 0 heterocycles. The van der Waals surface area contributed by atoms with Crippen LogP contribution >= 0.6 is 0 Å². The van der Waals surface area contributed by atoms with Gasteiger partial charge in [-0.15, -0.1) is 0 Å². The normalized spacial score (nSPS) is 12.0. The molecule has 38 heavy (non-hydrogen) atoms. The van der Waals surface area contributed by atoms with Gasteiger partial charge in [0, 0.05) is 17.7 Å². The number of hydrogen-bond acceptors (Lipinski definition) is 9. The predicted molar refractivity (Wildman–Crippen MR) is 138 cm³/mol. The van der Waals surface area contributed by atoms with Crippen LogP contribution in [0.4, 0.5) is 0 Å². The number of esters is 1. The van der Waals surface area contributed by atoms with Crippen LogP contribution in [0.1, 0.15) is 65.6 Å². The molecular formula is C28H35NO9. The van der Waals surface area contributed by atoms with Crippen LogP contribution in [-0.4, -0.2) is 88.3 Å². The van der Waals surface area contributed by atoms with Gasteiger partial charge in [-0.3, -0.25) is 14.5 Å². The first-order valence-corrected chi connectivity index (χ1v) is 12.0. The maximum absolute atomic E-state index is 12.4. The SMILES string of the molecule is CN(CCOC(=O)COCC(=O)O)C(c1ccc(C(=O)C(C)(C)O)cc1)c1ccc(C(=O)C(C)(C)O)cc1. The van der Waals surface area contributed by atoms with Gasteiger partial charge in [0.15, 0.2) is 11.6 Å². The van der Waals surface area contributed by atoms with Gasteiger partial charge in [0.2, 0.25) is 0 Å². The maximum Gasteiger partial charge on any atom is 0.332 e. The van der Waals surface area contributed by atoms with Crippen molar-refractivity contribution in [2.45, 2.75) is 44.9 Å². The zero-order valence-electron chi connectivity index (χ0n) is 22.3. The largest absolute Gasteiger partial charge is 0.480 e. The number of aliphatic hydroxyl groups is 2. The van der Waals surface area contributed by atoms with E-state index in [1.165, 1.54) is 27.7 Å². The second kappa shape index (κ2) is 12.9. The summed E-state index contributed by atoms with van der Waals surface area (Å²) in [6, 6.07) is 13.2. The fourth-order valence-electron chi connectivity index (χ4n) is 3.74. The summed E-state index contributed by atoms with van der Waals surface area (Å²) in [5, 5.41) is 28.7. The Morgan fingerprint density at radius 2 is 1.21 bits per heavy atom. The monoisotopic (exact) mass is 529 g/mol. The molecule has 0 aliphatic heterocycles. The third-order valence-corrected chi connectivity index (χ3v) is 5.68. The minimum Gasteiger partial charge on any atom is -0.480 e. The summed E-state index contributed by atoms with van der Waals surface area (Å²) >= 11 is 0. The molecule has 0 unspecified atom stereocenters.